The number of aromatic nitrogens is 2. The smallest absolute Gasteiger partial charge is 0.243 e. The van der Waals surface area contributed by atoms with Gasteiger partial charge in [0.1, 0.15) is 12.4 Å². The molecule has 0 spiro atoms. The van der Waals surface area contributed by atoms with E-state index in [1.807, 2.05) is 30.3 Å². The van der Waals surface area contributed by atoms with Crippen molar-refractivity contribution < 1.29 is 21.8 Å². The fourth-order valence-electron chi connectivity index (χ4n) is 1.27. The zero-order chi connectivity index (χ0) is 10.6. The zero-order valence-electron chi connectivity index (χ0n) is 9.24. The van der Waals surface area contributed by atoms with Gasteiger partial charge in [0.15, 0.2) is 5.78 Å². The number of ketones is 1. The molecule has 0 saturated heterocycles. The summed E-state index contributed by atoms with van der Waals surface area (Å²) in [5.41, 5.74) is 0.656. The third-order valence-electron chi connectivity index (χ3n) is 2.12. The van der Waals surface area contributed by atoms with Gasteiger partial charge < -0.3 is 12.4 Å². The number of carbonyl (C=O) groups excluding carboxylic acids is 1. The van der Waals surface area contributed by atoms with Crippen LogP contribution in [0.2, 0.25) is 0 Å². The molecule has 0 aliphatic heterocycles. The van der Waals surface area contributed by atoms with Crippen LogP contribution < -0.4 is 17.0 Å². The highest BCUT2D eigenvalue weighted by molar-refractivity contribution is 5.93. The first-order chi connectivity index (χ1) is 6.59. The number of Topliss-reactive ketones (excluding diaryl/α,β-unsaturated/α-hetero) is 1. The van der Waals surface area contributed by atoms with Crippen LogP contribution in [0.25, 0.3) is 0 Å². The van der Waals surface area contributed by atoms with E-state index in [9.17, 15) is 4.79 Å². The number of carbonyl (C=O) groups is 1. The summed E-state index contributed by atoms with van der Waals surface area (Å²) >= 11 is 0. The maximum absolute atomic E-state index is 11.2. The second kappa shape index (κ2) is 6.40. The predicted molar refractivity (Wildman–Crippen MR) is 54.7 cm³/mol. The lowest BCUT2D eigenvalue weighted by Gasteiger charge is -1.97. The lowest BCUT2D eigenvalue weighted by atomic mass is 10.1. The van der Waals surface area contributed by atoms with E-state index in [0.29, 0.717) is 12.0 Å². The van der Waals surface area contributed by atoms with E-state index in [0.717, 1.165) is 13.0 Å². The minimum atomic E-state index is 0. The molecule has 3 nitrogen and oxygen atoms in total. The van der Waals surface area contributed by atoms with Crippen molar-refractivity contribution in [2.24, 2.45) is 7.05 Å². The summed E-state index contributed by atoms with van der Waals surface area (Å²) in [7, 11) is 1.98. The molecule has 0 N–H and O–H groups in total. The van der Waals surface area contributed by atoms with Gasteiger partial charge >= 0.3 is 0 Å². The summed E-state index contributed by atoms with van der Waals surface area (Å²) in [6.07, 6.45) is 7.47. The van der Waals surface area contributed by atoms with Gasteiger partial charge in [-0.3, -0.25) is 4.79 Å². The van der Waals surface area contributed by atoms with Crippen molar-refractivity contribution in [3.05, 3.63) is 30.9 Å². The topological polar surface area (TPSA) is 25.9 Å². The lowest BCUT2D eigenvalue weighted by molar-refractivity contribution is -0.671. The number of rotatable bonds is 5. The van der Waals surface area contributed by atoms with Crippen LogP contribution in [-0.4, -0.2) is 10.4 Å². The third kappa shape index (κ3) is 4.79. The fourth-order valence-corrected chi connectivity index (χ4v) is 1.27. The molecule has 0 bridgehead atoms. The van der Waals surface area contributed by atoms with Crippen molar-refractivity contribution in [1.29, 1.82) is 0 Å². The van der Waals surface area contributed by atoms with Gasteiger partial charge in [0.05, 0.1) is 13.6 Å². The molecule has 0 unspecified atom stereocenters. The van der Waals surface area contributed by atoms with Crippen molar-refractivity contribution in [2.75, 3.05) is 0 Å². The van der Waals surface area contributed by atoms with E-state index in [4.69, 9.17) is 0 Å². The van der Waals surface area contributed by atoms with Gasteiger partial charge in [-0.15, -0.1) is 0 Å². The van der Waals surface area contributed by atoms with Crippen LogP contribution in [0.15, 0.2) is 30.9 Å². The largest absolute Gasteiger partial charge is 1.00 e. The predicted octanol–water partition coefficient (Wildman–Crippen LogP) is -1.76. The minimum absolute atomic E-state index is 0. The molecule has 0 fully saturated rings. The van der Waals surface area contributed by atoms with Gasteiger partial charge in [0, 0.05) is 6.42 Å². The molecule has 1 aromatic heterocycles. The average Bonchev–Trinajstić information content (AvgIpc) is 2.51. The van der Waals surface area contributed by atoms with Gasteiger partial charge in [0.25, 0.3) is 0 Å². The summed E-state index contributed by atoms with van der Waals surface area (Å²) in [5, 5.41) is 0. The number of hydrogen-bond donors (Lipinski definition) is 0. The van der Waals surface area contributed by atoms with E-state index in [-0.39, 0.29) is 18.2 Å². The Kier molecular flexibility index (Phi) is 5.94. The Bertz CT molecular complexity index is 344. The number of halogens is 1. The third-order valence-corrected chi connectivity index (χ3v) is 2.12. The Balaban J connectivity index is 0.00000196. The van der Waals surface area contributed by atoms with Crippen molar-refractivity contribution >= 4 is 5.78 Å². The van der Waals surface area contributed by atoms with Crippen LogP contribution in [0.5, 0.6) is 0 Å². The molecule has 0 amide bonds. The van der Waals surface area contributed by atoms with Crippen LogP contribution in [-0.2, 0) is 18.4 Å². The van der Waals surface area contributed by atoms with Crippen molar-refractivity contribution in [1.82, 2.24) is 4.57 Å². The fraction of sp³-hybridized carbons (Fsp3) is 0.455. The molecular weight excluding hydrogens is 212 g/mol. The Morgan fingerprint density at radius 1 is 1.53 bits per heavy atom. The molecule has 0 aliphatic carbocycles. The molecule has 1 rings (SSSR count). The summed E-state index contributed by atoms with van der Waals surface area (Å²) < 4.78 is 4.06. The van der Waals surface area contributed by atoms with Crippen LogP contribution in [0, 0.1) is 0 Å². The van der Waals surface area contributed by atoms with Crippen LogP contribution in [0.3, 0.4) is 0 Å². The van der Waals surface area contributed by atoms with E-state index < -0.39 is 0 Å². The first-order valence-electron chi connectivity index (χ1n) is 4.79. The molecular formula is C11H17ClN2O. The molecule has 0 aliphatic rings. The second-order valence-corrected chi connectivity index (χ2v) is 3.62. The molecule has 4 heteroatoms. The SMILES string of the molecule is C=C(C)C(=O)CCCn1cc[n+](C)c1.[Cl-]. The summed E-state index contributed by atoms with van der Waals surface area (Å²) in [6.45, 7) is 6.28. The number of nitrogens with zero attached hydrogens (tertiary/aromatic N) is 2. The van der Waals surface area contributed by atoms with Crippen LogP contribution >= 0.6 is 0 Å². The van der Waals surface area contributed by atoms with E-state index >= 15 is 0 Å². The summed E-state index contributed by atoms with van der Waals surface area (Å²) in [6, 6.07) is 0. The normalized spacial score (nSPS) is 9.47. The maximum Gasteiger partial charge on any atom is 0.243 e. The zero-order valence-corrected chi connectivity index (χ0v) is 10.00. The monoisotopic (exact) mass is 228 g/mol. The molecule has 0 radical (unpaired) electrons. The van der Waals surface area contributed by atoms with Gasteiger partial charge in [-0.25, -0.2) is 9.13 Å². The number of hydrogen-bond acceptors (Lipinski definition) is 1. The summed E-state index contributed by atoms with van der Waals surface area (Å²) in [4.78, 5) is 11.2. The van der Waals surface area contributed by atoms with Gasteiger partial charge in [-0.1, -0.05) is 6.58 Å². The van der Waals surface area contributed by atoms with Gasteiger partial charge in [0.2, 0.25) is 6.33 Å². The number of aryl methyl sites for hydroxylation is 2. The molecule has 0 saturated carbocycles. The van der Waals surface area contributed by atoms with Gasteiger partial charge in [-0.2, -0.15) is 0 Å². The molecule has 0 aromatic carbocycles. The van der Waals surface area contributed by atoms with E-state index in [2.05, 4.69) is 11.1 Å². The highest BCUT2D eigenvalue weighted by Gasteiger charge is 2.04. The molecule has 15 heavy (non-hydrogen) atoms. The summed E-state index contributed by atoms with van der Waals surface area (Å²) in [5.74, 6) is 0.168. The quantitative estimate of drug-likeness (QED) is 0.433. The highest BCUT2D eigenvalue weighted by atomic mass is 35.5. The maximum atomic E-state index is 11.2. The van der Waals surface area contributed by atoms with Crippen molar-refractivity contribution in [3.8, 4) is 0 Å². The standard InChI is InChI=1S/C11H17N2O.ClH/c1-10(2)11(14)5-4-6-13-8-7-12(3)9-13;/h7-9H,1,4-6H2,2-3H3;1H/q+1;/p-1. The highest BCUT2D eigenvalue weighted by Crippen LogP contribution is 2.00. The van der Waals surface area contributed by atoms with E-state index in [1.165, 1.54) is 0 Å². The minimum Gasteiger partial charge on any atom is -1.00 e. The number of imidazole rings is 1. The first-order valence-corrected chi connectivity index (χ1v) is 4.79. The Morgan fingerprint density at radius 2 is 2.20 bits per heavy atom. The second-order valence-electron chi connectivity index (χ2n) is 3.62. The molecule has 84 valence electrons. The van der Waals surface area contributed by atoms with Crippen molar-refractivity contribution in [2.45, 2.75) is 26.3 Å². The van der Waals surface area contributed by atoms with Gasteiger partial charge in [-0.05, 0) is 18.9 Å². The Hall–Kier alpha value is -1.09. The average molecular weight is 229 g/mol. The Labute approximate surface area is 96.8 Å². The number of allylic oxidation sites excluding steroid dienone is 1. The molecule has 1 heterocycles. The first kappa shape index (κ1) is 13.9. The Morgan fingerprint density at radius 3 is 2.67 bits per heavy atom. The van der Waals surface area contributed by atoms with Crippen LogP contribution in [0.4, 0.5) is 0 Å². The molecule has 0 atom stereocenters. The van der Waals surface area contributed by atoms with Crippen LogP contribution in [0.1, 0.15) is 19.8 Å². The molecule has 1 aromatic rings. The van der Waals surface area contributed by atoms with Crippen molar-refractivity contribution in [3.63, 3.8) is 0 Å². The van der Waals surface area contributed by atoms with E-state index in [1.54, 1.807) is 6.92 Å². The lowest BCUT2D eigenvalue weighted by Crippen LogP contribution is -3.00.